The number of hydrogen-bond acceptors (Lipinski definition) is 3. The molecule has 0 aromatic rings. The van der Waals surface area contributed by atoms with Gasteiger partial charge in [-0.15, -0.1) is 0 Å². The number of carbonyl (C=O) groups excluding carboxylic acids is 1. The molecule has 1 N–H and O–H groups in total. The highest BCUT2D eigenvalue weighted by molar-refractivity contribution is 5.72. The number of ether oxygens (including phenoxy) is 1. The maximum absolute atomic E-state index is 11.4. The Bertz CT molecular complexity index is 188. The molecule has 0 aliphatic rings. The van der Waals surface area contributed by atoms with Crippen molar-refractivity contribution in [2.24, 2.45) is 5.92 Å². The Morgan fingerprint density at radius 1 is 1.33 bits per heavy atom. The van der Waals surface area contributed by atoms with Gasteiger partial charge in [-0.3, -0.25) is 4.79 Å². The van der Waals surface area contributed by atoms with Crippen molar-refractivity contribution >= 4 is 5.97 Å². The van der Waals surface area contributed by atoms with Gasteiger partial charge in [-0.2, -0.15) is 0 Å². The first kappa shape index (κ1) is 14.4. The van der Waals surface area contributed by atoms with Crippen molar-refractivity contribution in [1.29, 1.82) is 0 Å². The van der Waals surface area contributed by atoms with Gasteiger partial charge in [0.2, 0.25) is 0 Å². The summed E-state index contributed by atoms with van der Waals surface area (Å²) in [4.78, 5) is 11.4. The Balaban J connectivity index is 3.98. The summed E-state index contributed by atoms with van der Waals surface area (Å²) in [5.41, 5.74) is 0.140. The normalized spacial score (nSPS) is 13.7. The summed E-state index contributed by atoms with van der Waals surface area (Å²) >= 11 is 0. The number of rotatable bonds is 7. The zero-order valence-corrected chi connectivity index (χ0v) is 10.7. The van der Waals surface area contributed by atoms with Crippen molar-refractivity contribution in [3.8, 4) is 0 Å². The van der Waals surface area contributed by atoms with Gasteiger partial charge in [0.05, 0.1) is 12.5 Å². The molecule has 0 aliphatic carbocycles. The van der Waals surface area contributed by atoms with E-state index in [-0.39, 0.29) is 17.4 Å². The zero-order chi connectivity index (χ0) is 11.9. The second kappa shape index (κ2) is 6.83. The van der Waals surface area contributed by atoms with Gasteiger partial charge in [0, 0.05) is 12.1 Å². The lowest BCUT2D eigenvalue weighted by atomic mass is 9.95. The molecule has 0 bridgehead atoms. The summed E-state index contributed by atoms with van der Waals surface area (Å²) < 4.78 is 4.96. The van der Waals surface area contributed by atoms with Crippen molar-refractivity contribution in [2.45, 2.75) is 53.0 Å². The number of carbonyl (C=O) groups is 1. The van der Waals surface area contributed by atoms with E-state index in [9.17, 15) is 4.79 Å². The third-order valence-corrected chi connectivity index (χ3v) is 3.08. The average Bonchev–Trinajstić information content (AvgIpc) is 2.25. The fourth-order valence-corrected chi connectivity index (χ4v) is 1.27. The molecular formula is C12H25NO2. The lowest BCUT2D eigenvalue weighted by Crippen LogP contribution is -2.44. The molecule has 0 rings (SSSR count). The van der Waals surface area contributed by atoms with E-state index < -0.39 is 0 Å². The van der Waals surface area contributed by atoms with Crippen molar-refractivity contribution in [3.63, 3.8) is 0 Å². The first-order chi connectivity index (χ1) is 6.99. The SMILES string of the molecule is CCOC(=O)C(C)CNC(C)(CC)CC. The molecule has 3 heteroatoms. The first-order valence-corrected chi connectivity index (χ1v) is 5.90. The molecule has 0 heterocycles. The third-order valence-electron chi connectivity index (χ3n) is 3.08. The topological polar surface area (TPSA) is 38.3 Å². The van der Waals surface area contributed by atoms with Crippen LogP contribution in [0.5, 0.6) is 0 Å². The number of hydrogen-bond donors (Lipinski definition) is 1. The molecule has 0 amide bonds. The Labute approximate surface area is 93.6 Å². The summed E-state index contributed by atoms with van der Waals surface area (Å²) in [5, 5.41) is 3.43. The van der Waals surface area contributed by atoms with Gasteiger partial charge in [-0.1, -0.05) is 20.8 Å². The predicted octanol–water partition coefficient (Wildman–Crippen LogP) is 2.35. The molecule has 15 heavy (non-hydrogen) atoms. The molecule has 0 radical (unpaired) electrons. The maximum Gasteiger partial charge on any atom is 0.309 e. The van der Waals surface area contributed by atoms with Gasteiger partial charge in [0.15, 0.2) is 0 Å². The van der Waals surface area contributed by atoms with Crippen molar-refractivity contribution < 1.29 is 9.53 Å². The highest BCUT2D eigenvalue weighted by atomic mass is 16.5. The van der Waals surface area contributed by atoms with E-state index in [1.54, 1.807) is 0 Å². The second-order valence-electron chi connectivity index (χ2n) is 4.30. The quantitative estimate of drug-likeness (QED) is 0.662. The molecule has 0 saturated carbocycles. The van der Waals surface area contributed by atoms with Crippen LogP contribution in [0.2, 0.25) is 0 Å². The van der Waals surface area contributed by atoms with Crippen molar-refractivity contribution in [2.75, 3.05) is 13.2 Å². The van der Waals surface area contributed by atoms with Crippen LogP contribution in [0.15, 0.2) is 0 Å². The highest BCUT2D eigenvalue weighted by Gasteiger charge is 2.21. The standard InChI is InChI=1S/C12H25NO2/c1-6-12(5,7-2)13-9-10(4)11(14)15-8-3/h10,13H,6-9H2,1-5H3. The van der Waals surface area contributed by atoms with Crippen LogP contribution in [0.3, 0.4) is 0 Å². The summed E-state index contributed by atoms with van der Waals surface area (Å²) in [6.07, 6.45) is 2.14. The molecule has 0 spiro atoms. The van der Waals surface area contributed by atoms with E-state index in [1.165, 1.54) is 0 Å². The molecule has 1 atom stereocenters. The lowest BCUT2D eigenvalue weighted by Gasteiger charge is -2.29. The molecule has 90 valence electrons. The minimum Gasteiger partial charge on any atom is -0.466 e. The molecule has 0 saturated heterocycles. The summed E-state index contributed by atoms with van der Waals surface area (Å²) in [7, 11) is 0. The van der Waals surface area contributed by atoms with E-state index in [1.807, 2.05) is 13.8 Å². The zero-order valence-electron chi connectivity index (χ0n) is 10.7. The van der Waals surface area contributed by atoms with Gasteiger partial charge in [0.1, 0.15) is 0 Å². The molecule has 3 nitrogen and oxygen atoms in total. The fourth-order valence-electron chi connectivity index (χ4n) is 1.27. The van der Waals surface area contributed by atoms with Crippen LogP contribution in [-0.4, -0.2) is 24.7 Å². The minimum atomic E-state index is -0.112. The molecule has 0 aromatic heterocycles. The predicted molar refractivity (Wildman–Crippen MR) is 62.8 cm³/mol. The Morgan fingerprint density at radius 3 is 2.27 bits per heavy atom. The number of nitrogens with one attached hydrogen (secondary N) is 1. The van der Waals surface area contributed by atoms with Crippen LogP contribution in [0.25, 0.3) is 0 Å². The van der Waals surface area contributed by atoms with E-state index in [2.05, 4.69) is 26.1 Å². The Kier molecular flexibility index (Phi) is 6.57. The molecule has 0 fully saturated rings. The van der Waals surface area contributed by atoms with Crippen molar-refractivity contribution in [1.82, 2.24) is 5.32 Å². The van der Waals surface area contributed by atoms with Gasteiger partial charge in [-0.25, -0.2) is 0 Å². The number of esters is 1. The van der Waals surface area contributed by atoms with E-state index in [0.717, 1.165) is 12.8 Å². The van der Waals surface area contributed by atoms with Gasteiger partial charge in [0.25, 0.3) is 0 Å². The average molecular weight is 215 g/mol. The van der Waals surface area contributed by atoms with Crippen LogP contribution < -0.4 is 5.32 Å². The first-order valence-electron chi connectivity index (χ1n) is 5.90. The van der Waals surface area contributed by atoms with Crippen LogP contribution >= 0.6 is 0 Å². The van der Waals surface area contributed by atoms with Crippen molar-refractivity contribution in [3.05, 3.63) is 0 Å². The van der Waals surface area contributed by atoms with E-state index in [0.29, 0.717) is 13.2 Å². The third kappa shape index (κ3) is 5.17. The van der Waals surface area contributed by atoms with Gasteiger partial charge >= 0.3 is 5.97 Å². The maximum atomic E-state index is 11.4. The highest BCUT2D eigenvalue weighted by Crippen LogP contribution is 2.14. The monoisotopic (exact) mass is 215 g/mol. The summed E-state index contributed by atoms with van der Waals surface area (Å²) in [6.45, 7) is 11.4. The fraction of sp³-hybridized carbons (Fsp3) is 0.917. The van der Waals surface area contributed by atoms with Gasteiger partial charge < -0.3 is 10.1 Å². The molecule has 0 aliphatic heterocycles. The Morgan fingerprint density at radius 2 is 1.87 bits per heavy atom. The van der Waals surface area contributed by atoms with E-state index in [4.69, 9.17) is 4.74 Å². The van der Waals surface area contributed by atoms with Gasteiger partial charge in [-0.05, 0) is 26.7 Å². The van der Waals surface area contributed by atoms with Crippen LogP contribution in [-0.2, 0) is 9.53 Å². The smallest absolute Gasteiger partial charge is 0.309 e. The van der Waals surface area contributed by atoms with Crippen LogP contribution in [0.4, 0.5) is 0 Å². The minimum absolute atomic E-state index is 0.0672. The van der Waals surface area contributed by atoms with Crippen LogP contribution in [0.1, 0.15) is 47.5 Å². The summed E-state index contributed by atoms with van der Waals surface area (Å²) in [6, 6.07) is 0. The Hall–Kier alpha value is -0.570. The molecular weight excluding hydrogens is 190 g/mol. The summed E-state index contributed by atoms with van der Waals surface area (Å²) in [5.74, 6) is -0.179. The molecule has 0 aromatic carbocycles. The largest absolute Gasteiger partial charge is 0.466 e. The second-order valence-corrected chi connectivity index (χ2v) is 4.30. The van der Waals surface area contributed by atoms with Crippen LogP contribution in [0, 0.1) is 5.92 Å². The van der Waals surface area contributed by atoms with E-state index >= 15 is 0 Å². The molecule has 1 unspecified atom stereocenters. The lowest BCUT2D eigenvalue weighted by molar-refractivity contribution is -0.147.